The first kappa shape index (κ1) is 19.7. The van der Waals surface area contributed by atoms with Gasteiger partial charge in [0.15, 0.2) is 0 Å². The molecule has 0 aromatic rings. The number of hydrogen-bond acceptors (Lipinski definition) is 4. The number of hydrogen-bond donors (Lipinski definition) is 0. The fourth-order valence-electron chi connectivity index (χ4n) is 1.92. The van der Waals surface area contributed by atoms with Crippen molar-refractivity contribution in [2.75, 3.05) is 13.2 Å². The van der Waals surface area contributed by atoms with Gasteiger partial charge in [0, 0.05) is 0 Å². The van der Waals surface area contributed by atoms with E-state index < -0.39 is 30.1 Å². The predicted molar refractivity (Wildman–Crippen MR) is 70.4 cm³/mol. The van der Waals surface area contributed by atoms with Crippen LogP contribution in [0.1, 0.15) is 41.0 Å². The first-order valence-electron chi connectivity index (χ1n) is 6.82. The lowest BCUT2D eigenvalue weighted by molar-refractivity contribution is -0.201. The fourth-order valence-corrected chi connectivity index (χ4v) is 1.92. The number of carbonyl (C=O) groups excluding carboxylic acids is 2. The fraction of sp³-hybridized carbons (Fsp3) is 0.857. The minimum absolute atomic E-state index is 0.0186. The molecule has 124 valence electrons. The molecule has 0 amide bonds. The lowest BCUT2D eigenvalue weighted by atomic mass is 9.73. The highest BCUT2D eigenvalue weighted by molar-refractivity contribution is 5.77. The first-order chi connectivity index (χ1) is 9.41. The molecular weight excluding hydrogens is 289 g/mol. The number of rotatable bonds is 7. The normalized spacial score (nSPS) is 15.0. The molecule has 21 heavy (non-hydrogen) atoms. The summed E-state index contributed by atoms with van der Waals surface area (Å²) in [6.07, 6.45) is -4.43. The lowest BCUT2D eigenvalue weighted by Crippen LogP contribution is -2.37. The Morgan fingerprint density at radius 2 is 1.38 bits per heavy atom. The van der Waals surface area contributed by atoms with Crippen molar-refractivity contribution in [1.29, 1.82) is 0 Å². The topological polar surface area (TPSA) is 52.6 Å². The second-order valence-corrected chi connectivity index (χ2v) is 5.94. The maximum Gasteiger partial charge on any atom is 0.490 e. The molecule has 0 saturated carbocycles. The molecule has 0 rings (SSSR count). The Morgan fingerprint density at radius 1 is 0.952 bits per heavy atom. The summed E-state index contributed by atoms with van der Waals surface area (Å²) in [4.78, 5) is 22.6. The van der Waals surface area contributed by atoms with E-state index in [1.54, 1.807) is 6.92 Å². The van der Waals surface area contributed by atoms with Gasteiger partial charge in [0.2, 0.25) is 0 Å². The van der Waals surface area contributed by atoms with Gasteiger partial charge in [-0.15, -0.1) is 0 Å². The minimum Gasteiger partial charge on any atom is -0.462 e. The van der Waals surface area contributed by atoms with Crippen LogP contribution in [-0.4, -0.2) is 31.3 Å². The van der Waals surface area contributed by atoms with Gasteiger partial charge in [-0.25, -0.2) is 4.79 Å². The van der Waals surface area contributed by atoms with Crippen LogP contribution in [0.5, 0.6) is 0 Å². The SMILES string of the molecule is CC(C)CC(C)(C(=O)OCCOC(=O)C(F)(F)F)C(C)C. The summed E-state index contributed by atoms with van der Waals surface area (Å²) in [5.74, 6) is -2.49. The van der Waals surface area contributed by atoms with Gasteiger partial charge in [-0.3, -0.25) is 4.79 Å². The number of esters is 2. The second-order valence-electron chi connectivity index (χ2n) is 5.94. The van der Waals surface area contributed by atoms with Crippen LogP contribution in [0.15, 0.2) is 0 Å². The molecule has 7 heteroatoms. The van der Waals surface area contributed by atoms with Gasteiger partial charge in [-0.05, 0) is 25.2 Å². The number of carbonyl (C=O) groups is 2. The van der Waals surface area contributed by atoms with E-state index >= 15 is 0 Å². The molecule has 0 spiro atoms. The Bertz CT molecular complexity index is 364. The van der Waals surface area contributed by atoms with Crippen molar-refractivity contribution < 1.29 is 32.2 Å². The summed E-state index contributed by atoms with van der Waals surface area (Å²) in [5.41, 5.74) is -0.720. The second kappa shape index (κ2) is 7.66. The van der Waals surface area contributed by atoms with Gasteiger partial charge in [0.25, 0.3) is 0 Å². The summed E-state index contributed by atoms with van der Waals surface area (Å²) in [6, 6.07) is 0. The molecule has 0 fully saturated rings. The van der Waals surface area contributed by atoms with Gasteiger partial charge < -0.3 is 9.47 Å². The molecule has 0 bridgehead atoms. The quantitative estimate of drug-likeness (QED) is 0.534. The third-order valence-electron chi connectivity index (χ3n) is 3.35. The molecule has 0 saturated heterocycles. The Morgan fingerprint density at radius 3 is 1.71 bits per heavy atom. The molecule has 1 atom stereocenters. The van der Waals surface area contributed by atoms with Gasteiger partial charge in [-0.1, -0.05) is 27.7 Å². The monoisotopic (exact) mass is 312 g/mol. The highest BCUT2D eigenvalue weighted by atomic mass is 19.4. The number of ether oxygens (including phenoxy) is 2. The van der Waals surface area contributed by atoms with Gasteiger partial charge in [0.05, 0.1) is 5.41 Å². The largest absolute Gasteiger partial charge is 0.490 e. The van der Waals surface area contributed by atoms with E-state index in [1.165, 1.54) is 0 Å². The van der Waals surface area contributed by atoms with Crippen LogP contribution in [-0.2, 0) is 19.1 Å². The van der Waals surface area contributed by atoms with Crippen LogP contribution in [0.2, 0.25) is 0 Å². The van der Waals surface area contributed by atoms with E-state index in [2.05, 4.69) is 4.74 Å². The first-order valence-corrected chi connectivity index (χ1v) is 6.82. The van der Waals surface area contributed by atoms with Gasteiger partial charge in [0.1, 0.15) is 13.2 Å². The van der Waals surface area contributed by atoms with Crippen molar-refractivity contribution in [2.45, 2.75) is 47.2 Å². The highest BCUT2D eigenvalue weighted by Crippen LogP contribution is 2.35. The predicted octanol–water partition coefficient (Wildman–Crippen LogP) is 3.34. The zero-order valence-corrected chi connectivity index (χ0v) is 13.0. The van der Waals surface area contributed by atoms with Crippen molar-refractivity contribution in [1.82, 2.24) is 0 Å². The molecule has 0 N–H and O–H groups in total. The maximum absolute atomic E-state index is 12.1. The molecule has 0 heterocycles. The lowest BCUT2D eigenvalue weighted by Gasteiger charge is -2.32. The van der Waals surface area contributed by atoms with Crippen molar-refractivity contribution in [3.63, 3.8) is 0 Å². The Hall–Kier alpha value is -1.27. The van der Waals surface area contributed by atoms with Crippen LogP contribution in [0.25, 0.3) is 0 Å². The zero-order valence-electron chi connectivity index (χ0n) is 13.0. The molecule has 0 aliphatic rings. The van der Waals surface area contributed by atoms with Crippen molar-refractivity contribution in [3.05, 3.63) is 0 Å². The molecule has 0 radical (unpaired) electrons. The standard InChI is InChI=1S/C14H23F3O4/c1-9(2)8-13(5,10(3)4)11(18)20-6-7-21-12(19)14(15,16)17/h9-10H,6-8H2,1-5H3. The summed E-state index contributed by atoms with van der Waals surface area (Å²) >= 11 is 0. The number of halogens is 3. The van der Waals surface area contributed by atoms with E-state index in [1.807, 2.05) is 27.7 Å². The van der Waals surface area contributed by atoms with E-state index in [9.17, 15) is 22.8 Å². The van der Waals surface area contributed by atoms with E-state index in [4.69, 9.17) is 4.74 Å². The van der Waals surface area contributed by atoms with E-state index in [0.29, 0.717) is 6.42 Å². The van der Waals surface area contributed by atoms with E-state index in [-0.39, 0.29) is 18.4 Å². The zero-order chi connectivity index (χ0) is 16.8. The Labute approximate surface area is 123 Å². The molecular formula is C14H23F3O4. The maximum atomic E-state index is 12.1. The van der Waals surface area contributed by atoms with Crippen molar-refractivity contribution >= 4 is 11.9 Å². The summed E-state index contributed by atoms with van der Waals surface area (Å²) in [6.45, 7) is 8.47. The molecule has 1 unspecified atom stereocenters. The van der Waals surface area contributed by atoms with Gasteiger partial charge in [-0.2, -0.15) is 13.2 Å². The number of alkyl halides is 3. The third-order valence-corrected chi connectivity index (χ3v) is 3.35. The Balaban J connectivity index is 4.38. The molecule has 4 nitrogen and oxygen atoms in total. The summed E-state index contributed by atoms with van der Waals surface area (Å²) in [5, 5.41) is 0. The van der Waals surface area contributed by atoms with Crippen LogP contribution >= 0.6 is 0 Å². The average Bonchev–Trinajstić information content (AvgIpc) is 2.31. The molecule has 0 aliphatic carbocycles. The van der Waals surface area contributed by atoms with E-state index in [0.717, 1.165) is 0 Å². The molecule has 0 aromatic carbocycles. The van der Waals surface area contributed by atoms with Crippen LogP contribution in [0.4, 0.5) is 13.2 Å². The molecule has 0 aliphatic heterocycles. The smallest absolute Gasteiger partial charge is 0.462 e. The molecule has 0 aromatic heterocycles. The summed E-state index contributed by atoms with van der Waals surface area (Å²) < 4.78 is 44.6. The average molecular weight is 312 g/mol. The highest BCUT2D eigenvalue weighted by Gasteiger charge is 2.41. The van der Waals surface area contributed by atoms with Crippen molar-refractivity contribution in [2.24, 2.45) is 17.3 Å². The van der Waals surface area contributed by atoms with Gasteiger partial charge >= 0.3 is 18.1 Å². The van der Waals surface area contributed by atoms with Crippen LogP contribution < -0.4 is 0 Å². The van der Waals surface area contributed by atoms with Crippen molar-refractivity contribution in [3.8, 4) is 0 Å². The Kier molecular flexibility index (Phi) is 7.19. The summed E-state index contributed by atoms with van der Waals surface area (Å²) in [7, 11) is 0. The minimum atomic E-state index is -5.03. The third kappa shape index (κ3) is 6.35. The van der Waals surface area contributed by atoms with Crippen LogP contribution in [0, 0.1) is 17.3 Å². The van der Waals surface area contributed by atoms with Crippen LogP contribution in [0.3, 0.4) is 0 Å².